The summed E-state index contributed by atoms with van der Waals surface area (Å²) < 4.78 is 46.9. The van der Waals surface area contributed by atoms with Gasteiger partial charge in [-0.1, -0.05) is 30.3 Å². The average Bonchev–Trinajstić information content (AvgIpc) is 3.32. The fourth-order valence-electron chi connectivity index (χ4n) is 5.62. The molecule has 5 rings (SSSR count). The minimum Gasteiger partial charge on any atom is -0.381 e. The number of benzene rings is 1. The van der Waals surface area contributed by atoms with E-state index >= 15 is 0 Å². The first-order valence-electron chi connectivity index (χ1n) is 11.5. The Bertz CT molecular complexity index is 903. The molecule has 1 aliphatic carbocycles. The van der Waals surface area contributed by atoms with E-state index in [2.05, 4.69) is 20.4 Å². The Morgan fingerprint density at radius 3 is 2.34 bits per heavy atom. The highest BCUT2D eigenvalue weighted by atomic mass is 19.4. The van der Waals surface area contributed by atoms with Crippen molar-refractivity contribution in [1.82, 2.24) is 15.1 Å². The number of fused-ring (bicyclic) bond motifs is 1. The van der Waals surface area contributed by atoms with Crippen LogP contribution in [0.5, 0.6) is 0 Å². The minimum absolute atomic E-state index is 0.00760. The highest BCUT2D eigenvalue weighted by Crippen LogP contribution is 2.41. The van der Waals surface area contributed by atoms with E-state index in [1.807, 2.05) is 6.07 Å². The summed E-state index contributed by atoms with van der Waals surface area (Å²) in [4.78, 5) is 2.55. The molecule has 1 saturated carbocycles. The summed E-state index contributed by atoms with van der Waals surface area (Å²) in [5.74, 6) is 1.64. The first-order valence-corrected chi connectivity index (χ1v) is 11.5. The summed E-state index contributed by atoms with van der Waals surface area (Å²) in [5.41, 5.74) is 0.108. The molecule has 32 heavy (non-hydrogen) atoms. The molecule has 0 radical (unpaired) electrons. The number of halogens is 3. The molecule has 3 heterocycles. The van der Waals surface area contributed by atoms with E-state index in [-0.39, 0.29) is 17.6 Å². The zero-order chi connectivity index (χ0) is 22.1. The molecule has 5 nitrogen and oxygen atoms in total. The topological polar surface area (TPSA) is 50.3 Å². The number of nitrogens with one attached hydrogen (secondary N) is 1. The second kappa shape index (κ2) is 8.98. The van der Waals surface area contributed by atoms with Crippen molar-refractivity contribution in [2.45, 2.75) is 37.9 Å². The van der Waals surface area contributed by atoms with Crippen LogP contribution in [-0.2, 0) is 10.9 Å². The second-order valence-electron chi connectivity index (χ2n) is 9.46. The summed E-state index contributed by atoms with van der Waals surface area (Å²) in [6.45, 7) is 4.95. The van der Waals surface area contributed by atoms with Gasteiger partial charge < -0.3 is 15.0 Å². The average molecular weight is 447 g/mol. The van der Waals surface area contributed by atoms with Gasteiger partial charge in [-0.3, -0.25) is 0 Å². The van der Waals surface area contributed by atoms with Crippen molar-refractivity contribution < 1.29 is 17.9 Å². The molecule has 1 N–H and O–H groups in total. The van der Waals surface area contributed by atoms with Gasteiger partial charge in [-0.2, -0.15) is 13.2 Å². The van der Waals surface area contributed by atoms with Crippen LogP contribution < -0.4 is 5.32 Å². The van der Waals surface area contributed by atoms with Gasteiger partial charge in [0.15, 0.2) is 5.82 Å². The van der Waals surface area contributed by atoms with Crippen LogP contribution in [0.1, 0.15) is 31.2 Å². The van der Waals surface area contributed by atoms with E-state index < -0.39 is 11.7 Å². The highest BCUT2D eigenvalue weighted by Gasteiger charge is 2.42. The van der Waals surface area contributed by atoms with E-state index in [9.17, 15) is 13.2 Å². The number of rotatable bonds is 5. The summed E-state index contributed by atoms with van der Waals surface area (Å²) >= 11 is 0. The van der Waals surface area contributed by atoms with E-state index in [0.29, 0.717) is 23.3 Å². The summed E-state index contributed by atoms with van der Waals surface area (Å²) in [7, 11) is 0. The minimum atomic E-state index is -4.49. The normalized spacial score (nSPS) is 25.2. The van der Waals surface area contributed by atoms with Gasteiger partial charge in [0.25, 0.3) is 0 Å². The Labute approximate surface area is 186 Å². The van der Waals surface area contributed by atoms with Crippen molar-refractivity contribution >= 4 is 5.82 Å². The zero-order valence-electron chi connectivity index (χ0n) is 18.0. The number of likely N-dealkylation sites (tertiary alicyclic amines) is 1. The van der Waals surface area contributed by atoms with Gasteiger partial charge in [0.1, 0.15) is 5.56 Å². The summed E-state index contributed by atoms with van der Waals surface area (Å²) in [6.07, 6.45) is -0.457. The van der Waals surface area contributed by atoms with Crippen LogP contribution in [0, 0.1) is 17.8 Å². The molecule has 2 atom stereocenters. The van der Waals surface area contributed by atoms with Gasteiger partial charge >= 0.3 is 6.18 Å². The Morgan fingerprint density at radius 1 is 1.00 bits per heavy atom. The quantitative estimate of drug-likeness (QED) is 0.721. The molecule has 3 fully saturated rings. The monoisotopic (exact) mass is 446 g/mol. The third kappa shape index (κ3) is 4.76. The SMILES string of the molecule is FC(F)(F)c1cc(-c2ccccc2)nnc1NC1C[C@@H]2CN(CC3CCOCC3)C[C@H]2C1. The van der Waals surface area contributed by atoms with Crippen molar-refractivity contribution in [2.75, 3.05) is 38.2 Å². The lowest BCUT2D eigenvalue weighted by Gasteiger charge is -2.28. The maximum Gasteiger partial charge on any atom is 0.420 e. The molecule has 2 aromatic rings. The molecular weight excluding hydrogens is 417 g/mol. The smallest absolute Gasteiger partial charge is 0.381 e. The van der Waals surface area contributed by atoms with Gasteiger partial charge in [0, 0.05) is 44.5 Å². The van der Waals surface area contributed by atoms with Gasteiger partial charge in [0.05, 0.1) is 5.69 Å². The van der Waals surface area contributed by atoms with Crippen LogP contribution in [0.4, 0.5) is 19.0 Å². The predicted octanol–water partition coefficient (Wildman–Crippen LogP) is 4.71. The number of hydrogen-bond acceptors (Lipinski definition) is 5. The van der Waals surface area contributed by atoms with Crippen molar-refractivity contribution in [2.24, 2.45) is 17.8 Å². The first-order chi connectivity index (χ1) is 15.5. The summed E-state index contributed by atoms with van der Waals surface area (Å²) in [5, 5.41) is 11.1. The Hall–Kier alpha value is -2.19. The van der Waals surface area contributed by atoms with E-state index in [4.69, 9.17) is 4.74 Å². The Kier molecular flexibility index (Phi) is 6.07. The number of nitrogens with zero attached hydrogens (tertiary/aromatic N) is 3. The lowest BCUT2D eigenvalue weighted by Crippen LogP contribution is -2.32. The number of alkyl halides is 3. The maximum atomic E-state index is 13.8. The van der Waals surface area contributed by atoms with Gasteiger partial charge in [-0.25, -0.2) is 0 Å². The van der Waals surface area contributed by atoms with Crippen molar-refractivity contribution in [3.05, 3.63) is 42.0 Å². The second-order valence-corrected chi connectivity index (χ2v) is 9.46. The molecule has 2 aliphatic heterocycles. The van der Waals surface area contributed by atoms with E-state index in [1.165, 1.54) is 0 Å². The molecule has 0 amide bonds. The third-order valence-electron chi connectivity index (χ3n) is 7.19. The van der Waals surface area contributed by atoms with E-state index in [1.54, 1.807) is 24.3 Å². The first kappa shape index (κ1) is 21.6. The van der Waals surface area contributed by atoms with Crippen molar-refractivity contribution in [3.63, 3.8) is 0 Å². The summed E-state index contributed by atoms with van der Waals surface area (Å²) in [6, 6.07) is 9.96. The zero-order valence-corrected chi connectivity index (χ0v) is 18.0. The molecule has 8 heteroatoms. The standard InChI is InChI=1S/C24H29F3N4O/c25-24(26,27)21-12-22(17-4-2-1-3-5-17)29-30-23(21)28-20-10-18-14-31(15-19(18)11-20)13-16-6-8-32-9-7-16/h1-5,12,16,18-20H,6-11,13-15H2,(H,28,30)/t18-,19-/m1/s1. The molecule has 1 aromatic carbocycles. The number of aromatic nitrogens is 2. The van der Waals surface area contributed by atoms with Crippen molar-refractivity contribution in [3.8, 4) is 11.3 Å². The maximum absolute atomic E-state index is 13.8. The third-order valence-corrected chi connectivity index (χ3v) is 7.19. The fourth-order valence-corrected chi connectivity index (χ4v) is 5.62. The van der Waals surface area contributed by atoms with Gasteiger partial charge in [0.2, 0.25) is 0 Å². The van der Waals surface area contributed by atoms with Crippen LogP contribution in [0.15, 0.2) is 36.4 Å². The van der Waals surface area contributed by atoms with Gasteiger partial charge in [-0.15, -0.1) is 10.2 Å². The molecule has 2 saturated heterocycles. The lowest BCUT2D eigenvalue weighted by molar-refractivity contribution is -0.137. The predicted molar refractivity (Wildman–Crippen MR) is 116 cm³/mol. The van der Waals surface area contributed by atoms with E-state index in [0.717, 1.165) is 64.6 Å². The number of hydrogen-bond donors (Lipinski definition) is 1. The molecule has 172 valence electrons. The molecule has 0 spiro atoms. The molecular formula is C24H29F3N4O. The van der Waals surface area contributed by atoms with Crippen LogP contribution in [0.2, 0.25) is 0 Å². The van der Waals surface area contributed by atoms with Crippen LogP contribution in [0.25, 0.3) is 11.3 Å². The Morgan fingerprint density at radius 2 is 1.69 bits per heavy atom. The number of anilines is 1. The molecule has 0 unspecified atom stereocenters. The highest BCUT2D eigenvalue weighted by molar-refractivity contribution is 5.62. The molecule has 0 bridgehead atoms. The number of ether oxygens (including phenoxy) is 1. The largest absolute Gasteiger partial charge is 0.420 e. The lowest BCUT2D eigenvalue weighted by atomic mass is 10.00. The van der Waals surface area contributed by atoms with Crippen LogP contribution in [0.3, 0.4) is 0 Å². The van der Waals surface area contributed by atoms with Crippen molar-refractivity contribution in [1.29, 1.82) is 0 Å². The van der Waals surface area contributed by atoms with Gasteiger partial charge in [-0.05, 0) is 49.5 Å². The fraction of sp³-hybridized carbons (Fsp3) is 0.583. The van der Waals surface area contributed by atoms with Crippen LogP contribution >= 0.6 is 0 Å². The Balaban J connectivity index is 1.23. The molecule has 1 aromatic heterocycles. The molecule has 3 aliphatic rings. The van der Waals surface area contributed by atoms with Crippen LogP contribution in [-0.4, -0.2) is 54.0 Å².